The SMILES string of the molecule is C=C(C)C1CCC(C)C(=NNC(N)=O)C1. The summed E-state index contributed by atoms with van der Waals surface area (Å²) >= 11 is 0. The van der Waals surface area contributed by atoms with Crippen LogP contribution in [0.15, 0.2) is 17.3 Å². The second kappa shape index (κ2) is 4.96. The van der Waals surface area contributed by atoms with Crippen molar-refractivity contribution in [2.45, 2.75) is 33.1 Å². The molecule has 0 aromatic carbocycles. The Morgan fingerprint density at radius 1 is 1.60 bits per heavy atom. The van der Waals surface area contributed by atoms with Crippen LogP contribution in [0.1, 0.15) is 33.1 Å². The Balaban J connectivity index is 2.64. The Kier molecular flexibility index (Phi) is 3.88. The average molecular weight is 209 g/mol. The lowest BCUT2D eigenvalue weighted by molar-refractivity contribution is 0.249. The van der Waals surface area contributed by atoms with Crippen LogP contribution < -0.4 is 11.2 Å². The van der Waals surface area contributed by atoms with Crippen molar-refractivity contribution in [3.05, 3.63) is 12.2 Å². The topological polar surface area (TPSA) is 67.5 Å². The van der Waals surface area contributed by atoms with Gasteiger partial charge in [-0.3, -0.25) is 0 Å². The number of hydrogen-bond acceptors (Lipinski definition) is 2. The normalized spacial score (nSPS) is 28.8. The van der Waals surface area contributed by atoms with Crippen LogP contribution in [-0.2, 0) is 0 Å². The number of allylic oxidation sites excluding steroid dienone is 1. The van der Waals surface area contributed by atoms with Crippen molar-refractivity contribution in [2.75, 3.05) is 0 Å². The number of carbonyl (C=O) groups is 1. The summed E-state index contributed by atoms with van der Waals surface area (Å²) in [5, 5.41) is 4.05. The van der Waals surface area contributed by atoms with Gasteiger partial charge in [0.2, 0.25) is 0 Å². The molecule has 1 rings (SSSR count). The van der Waals surface area contributed by atoms with Crippen molar-refractivity contribution >= 4 is 11.7 Å². The maximum atomic E-state index is 10.6. The molecule has 1 aliphatic carbocycles. The van der Waals surface area contributed by atoms with Gasteiger partial charge >= 0.3 is 6.03 Å². The van der Waals surface area contributed by atoms with Crippen molar-refractivity contribution in [2.24, 2.45) is 22.7 Å². The summed E-state index contributed by atoms with van der Waals surface area (Å²) in [6, 6.07) is -0.604. The fourth-order valence-corrected chi connectivity index (χ4v) is 1.88. The molecule has 2 atom stereocenters. The standard InChI is InChI=1S/C11H19N3O/c1-7(2)9-5-4-8(3)10(6-9)13-14-11(12)15/h8-9H,1,4-6H2,2-3H3,(H3,12,14,15). The minimum Gasteiger partial charge on any atom is -0.350 e. The van der Waals surface area contributed by atoms with E-state index in [1.165, 1.54) is 5.57 Å². The molecular weight excluding hydrogens is 190 g/mol. The van der Waals surface area contributed by atoms with E-state index in [4.69, 9.17) is 5.73 Å². The van der Waals surface area contributed by atoms with Gasteiger partial charge in [-0.15, -0.1) is 0 Å². The lowest BCUT2D eigenvalue weighted by Crippen LogP contribution is -2.30. The van der Waals surface area contributed by atoms with Crippen molar-refractivity contribution in [1.29, 1.82) is 0 Å². The number of nitrogens with two attached hydrogens (primary N) is 1. The first-order chi connectivity index (χ1) is 7.00. The highest BCUT2D eigenvalue weighted by Crippen LogP contribution is 2.30. The number of carbonyl (C=O) groups excluding carboxylic acids is 1. The van der Waals surface area contributed by atoms with Gasteiger partial charge in [-0.05, 0) is 38.0 Å². The second-order valence-corrected chi connectivity index (χ2v) is 4.30. The summed E-state index contributed by atoms with van der Waals surface area (Å²) < 4.78 is 0. The Morgan fingerprint density at radius 2 is 2.27 bits per heavy atom. The maximum Gasteiger partial charge on any atom is 0.332 e. The van der Waals surface area contributed by atoms with E-state index in [1.807, 2.05) is 6.92 Å². The van der Waals surface area contributed by atoms with Gasteiger partial charge in [0.15, 0.2) is 0 Å². The number of amides is 2. The van der Waals surface area contributed by atoms with Gasteiger partial charge in [-0.25, -0.2) is 10.2 Å². The Hall–Kier alpha value is -1.32. The first-order valence-electron chi connectivity index (χ1n) is 5.28. The second-order valence-electron chi connectivity index (χ2n) is 4.30. The van der Waals surface area contributed by atoms with Crippen LogP contribution in [0.3, 0.4) is 0 Å². The molecule has 0 saturated heterocycles. The molecule has 0 spiro atoms. The number of nitrogens with zero attached hydrogens (tertiary/aromatic N) is 1. The monoisotopic (exact) mass is 209 g/mol. The third kappa shape index (κ3) is 3.38. The maximum absolute atomic E-state index is 10.6. The highest BCUT2D eigenvalue weighted by atomic mass is 16.2. The zero-order valence-electron chi connectivity index (χ0n) is 9.42. The molecule has 0 heterocycles. The molecule has 0 radical (unpaired) electrons. The smallest absolute Gasteiger partial charge is 0.332 e. The van der Waals surface area contributed by atoms with Gasteiger partial charge in [0.25, 0.3) is 0 Å². The molecule has 0 aromatic heterocycles. The third-order valence-electron chi connectivity index (χ3n) is 2.98. The zero-order valence-corrected chi connectivity index (χ0v) is 9.42. The Morgan fingerprint density at radius 3 is 2.80 bits per heavy atom. The van der Waals surface area contributed by atoms with Crippen LogP contribution in [0.2, 0.25) is 0 Å². The molecule has 4 heteroatoms. The molecule has 84 valence electrons. The van der Waals surface area contributed by atoms with E-state index < -0.39 is 6.03 Å². The van der Waals surface area contributed by atoms with Crippen LogP contribution in [0, 0.1) is 11.8 Å². The summed E-state index contributed by atoms with van der Waals surface area (Å²) in [6.07, 6.45) is 3.14. The van der Waals surface area contributed by atoms with E-state index in [2.05, 4.69) is 24.0 Å². The highest BCUT2D eigenvalue weighted by molar-refractivity contribution is 5.88. The molecular formula is C11H19N3O. The number of hydrogen-bond donors (Lipinski definition) is 2. The predicted octanol–water partition coefficient (Wildman–Crippen LogP) is 2.02. The van der Waals surface area contributed by atoms with Gasteiger partial charge in [0.05, 0.1) is 0 Å². The summed E-state index contributed by atoms with van der Waals surface area (Å²) in [5.74, 6) is 0.919. The van der Waals surface area contributed by atoms with Gasteiger partial charge in [-0.2, -0.15) is 5.10 Å². The lowest BCUT2D eigenvalue weighted by atomic mass is 9.79. The van der Waals surface area contributed by atoms with Gasteiger partial charge < -0.3 is 5.73 Å². The molecule has 4 nitrogen and oxygen atoms in total. The highest BCUT2D eigenvalue weighted by Gasteiger charge is 2.24. The predicted molar refractivity (Wildman–Crippen MR) is 61.5 cm³/mol. The third-order valence-corrected chi connectivity index (χ3v) is 2.98. The number of rotatable bonds is 2. The minimum absolute atomic E-state index is 0.424. The van der Waals surface area contributed by atoms with E-state index in [0.717, 1.165) is 25.0 Å². The van der Waals surface area contributed by atoms with Crippen LogP contribution in [-0.4, -0.2) is 11.7 Å². The number of hydrazone groups is 1. The first-order valence-corrected chi connectivity index (χ1v) is 5.28. The quantitative estimate of drug-likeness (QED) is 0.530. The molecule has 0 bridgehead atoms. The Bertz CT molecular complexity index is 296. The van der Waals surface area contributed by atoms with Crippen LogP contribution in [0.25, 0.3) is 0 Å². The van der Waals surface area contributed by atoms with Gasteiger partial charge in [0, 0.05) is 5.71 Å². The number of urea groups is 1. The van der Waals surface area contributed by atoms with Crippen LogP contribution >= 0.6 is 0 Å². The Labute approximate surface area is 90.6 Å². The summed E-state index contributed by atoms with van der Waals surface area (Å²) in [4.78, 5) is 10.6. The molecule has 1 aliphatic rings. The number of primary amides is 1. The van der Waals surface area contributed by atoms with Crippen molar-refractivity contribution < 1.29 is 4.79 Å². The van der Waals surface area contributed by atoms with E-state index in [9.17, 15) is 4.79 Å². The van der Waals surface area contributed by atoms with E-state index >= 15 is 0 Å². The molecule has 0 aromatic rings. The summed E-state index contributed by atoms with van der Waals surface area (Å²) in [6.45, 7) is 8.13. The minimum atomic E-state index is -0.604. The van der Waals surface area contributed by atoms with Gasteiger partial charge in [-0.1, -0.05) is 19.1 Å². The lowest BCUT2D eigenvalue weighted by Gasteiger charge is -2.28. The largest absolute Gasteiger partial charge is 0.350 e. The number of nitrogens with one attached hydrogen (secondary N) is 1. The summed E-state index contributed by atoms with van der Waals surface area (Å²) in [7, 11) is 0. The zero-order chi connectivity index (χ0) is 11.4. The molecule has 15 heavy (non-hydrogen) atoms. The van der Waals surface area contributed by atoms with E-state index in [1.54, 1.807) is 0 Å². The first kappa shape index (κ1) is 11.8. The molecule has 0 aliphatic heterocycles. The summed E-state index contributed by atoms with van der Waals surface area (Å²) in [5.41, 5.74) is 9.49. The van der Waals surface area contributed by atoms with Crippen LogP contribution in [0.4, 0.5) is 4.79 Å². The van der Waals surface area contributed by atoms with Gasteiger partial charge in [0.1, 0.15) is 0 Å². The fourth-order valence-electron chi connectivity index (χ4n) is 1.88. The molecule has 1 fully saturated rings. The van der Waals surface area contributed by atoms with E-state index in [0.29, 0.717) is 11.8 Å². The average Bonchev–Trinajstić information content (AvgIpc) is 2.16. The van der Waals surface area contributed by atoms with Crippen LogP contribution in [0.5, 0.6) is 0 Å². The van der Waals surface area contributed by atoms with Crippen molar-refractivity contribution in [3.8, 4) is 0 Å². The molecule has 3 N–H and O–H groups in total. The molecule has 2 unspecified atom stereocenters. The molecule has 2 amide bonds. The fraction of sp³-hybridized carbons (Fsp3) is 0.636. The van der Waals surface area contributed by atoms with E-state index in [-0.39, 0.29) is 0 Å². The van der Waals surface area contributed by atoms with Crippen molar-refractivity contribution in [1.82, 2.24) is 5.43 Å². The van der Waals surface area contributed by atoms with Crippen molar-refractivity contribution in [3.63, 3.8) is 0 Å². The molecule has 1 saturated carbocycles.